The molecule has 0 aliphatic carbocycles. The Hall–Kier alpha value is -2.40. The summed E-state index contributed by atoms with van der Waals surface area (Å²) in [6.07, 6.45) is 0.361. The molecule has 0 aliphatic rings. The second kappa shape index (κ2) is 6.61. The van der Waals surface area contributed by atoms with Crippen LogP contribution in [0.3, 0.4) is 0 Å². The molecule has 2 aromatic carbocycles. The van der Waals surface area contributed by atoms with E-state index in [1.165, 1.54) is 16.7 Å². The van der Waals surface area contributed by atoms with Crippen LogP contribution >= 0.6 is 11.3 Å². The van der Waals surface area contributed by atoms with Gasteiger partial charge in [0.1, 0.15) is 5.75 Å². The number of nitrogens with zero attached hydrogens (tertiary/aromatic N) is 1. The largest absolute Gasteiger partial charge is 0.426 e. The summed E-state index contributed by atoms with van der Waals surface area (Å²) in [4.78, 5) is 16.0. The maximum atomic E-state index is 11.4. The van der Waals surface area contributed by atoms with Crippen LogP contribution in [0.15, 0.2) is 30.3 Å². The summed E-state index contributed by atoms with van der Waals surface area (Å²) < 4.78 is 6.26. The highest BCUT2D eigenvalue weighted by Gasteiger charge is 2.10. The van der Waals surface area contributed by atoms with Crippen LogP contribution in [0.2, 0.25) is 0 Å². The number of ether oxygens (including phenoxy) is 1. The summed E-state index contributed by atoms with van der Waals surface area (Å²) in [5.41, 5.74) is 5.63. The van der Waals surface area contributed by atoms with Crippen LogP contribution in [0.5, 0.6) is 5.75 Å². The SMILES string of the molecule is CCC(=O)Oc1ccc2nc(Nc3c(C)cc(C)cc3C)sc2c1. The molecule has 0 saturated heterocycles. The van der Waals surface area contributed by atoms with Crippen molar-refractivity contribution in [1.82, 2.24) is 4.98 Å². The topological polar surface area (TPSA) is 51.2 Å². The van der Waals surface area contributed by atoms with Crippen molar-refractivity contribution in [3.05, 3.63) is 47.0 Å². The van der Waals surface area contributed by atoms with E-state index in [4.69, 9.17) is 4.74 Å². The van der Waals surface area contributed by atoms with Crippen molar-refractivity contribution < 1.29 is 9.53 Å². The van der Waals surface area contributed by atoms with E-state index < -0.39 is 0 Å². The molecule has 1 aromatic heterocycles. The summed E-state index contributed by atoms with van der Waals surface area (Å²) in [6.45, 7) is 8.07. The molecule has 3 rings (SSSR count). The van der Waals surface area contributed by atoms with Crippen molar-refractivity contribution in [1.29, 1.82) is 0 Å². The van der Waals surface area contributed by atoms with Crippen molar-refractivity contribution in [2.45, 2.75) is 34.1 Å². The van der Waals surface area contributed by atoms with Crippen molar-refractivity contribution in [2.24, 2.45) is 0 Å². The molecule has 0 spiro atoms. The number of hydrogen-bond acceptors (Lipinski definition) is 5. The number of thiazole rings is 1. The number of anilines is 2. The molecule has 124 valence electrons. The van der Waals surface area contributed by atoms with E-state index in [1.54, 1.807) is 24.3 Å². The third-order valence-electron chi connectivity index (χ3n) is 3.79. The van der Waals surface area contributed by atoms with Gasteiger partial charge < -0.3 is 10.1 Å². The van der Waals surface area contributed by atoms with Crippen LogP contribution in [0, 0.1) is 20.8 Å². The average Bonchev–Trinajstić information content (AvgIpc) is 2.92. The van der Waals surface area contributed by atoms with E-state index in [-0.39, 0.29) is 5.97 Å². The first-order valence-electron chi connectivity index (χ1n) is 7.92. The number of aryl methyl sites for hydroxylation is 3. The first kappa shape index (κ1) is 16.5. The van der Waals surface area contributed by atoms with Gasteiger partial charge in [0, 0.05) is 18.2 Å². The molecule has 5 heteroatoms. The molecule has 0 aliphatic heterocycles. The predicted molar refractivity (Wildman–Crippen MR) is 99.5 cm³/mol. The normalized spacial score (nSPS) is 10.8. The van der Waals surface area contributed by atoms with Gasteiger partial charge in [0.05, 0.1) is 10.2 Å². The number of rotatable bonds is 4. The van der Waals surface area contributed by atoms with Crippen LogP contribution in [-0.2, 0) is 4.79 Å². The third kappa shape index (κ3) is 3.41. The Morgan fingerprint density at radius 2 is 1.88 bits per heavy atom. The highest BCUT2D eigenvalue weighted by Crippen LogP contribution is 2.33. The maximum Gasteiger partial charge on any atom is 0.310 e. The lowest BCUT2D eigenvalue weighted by Crippen LogP contribution is -2.04. The molecule has 0 fully saturated rings. The fourth-order valence-electron chi connectivity index (χ4n) is 2.71. The fraction of sp³-hybridized carbons (Fsp3) is 0.263. The number of aromatic nitrogens is 1. The number of carbonyl (C=O) groups excluding carboxylic acids is 1. The molecule has 1 heterocycles. The number of hydrogen-bond donors (Lipinski definition) is 1. The molecule has 4 nitrogen and oxygen atoms in total. The van der Waals surface area contributed by atoms with E-state index in [1.807, 2.05) is 12.1 Å². The molecule has 0 amide bonds. The summed E-state index contributed by atoms with van der Waals surface area (Å²) >= 11 is 1.55. The minimum Gasteiger partial charge on any atom is -0.426 e. The van der Waals surface area contributed by atoms with Gasteiger partial charge in [-0.1, -0.05) is 36.0 Å². The van der Waals surface area contributed by atoms with E-state index in [2.05, 4.69) is 43.2 Å². The van der Waals surface area contributed by atoms with Gasteiger partial charge in [-0.05, 0) is 44.0 Å². The standard InChI is InChI=1S/C19H20N2O2S/c1-5-17(22)23-14-6-7-15-16(10-14)24-19(20-15)21-18-12(3)8-11(2)9-13(18)4/h6-10H,5H2,1-4H3,(H,20,21). The summed E-state index contributed by atoms with van der Waals surface area (Å²) in [7, 11) is 0. The first-order chi connectivity index (χ1) is 11.5. The quantitative estimate of drug-likeness (QED) is 0.518. The van der Waals surface area contributed by atoms with E-state index in [9.17, 15) is 4.79 Å². The second-order valence-corrected chi connectivity index (χ2v) is 6.91. The summed E-state index contributed by atoms with van der Waals surface area (Å²) in [6, 6.07) is 9.84. The van der Waals surface area contributed by atoms with E-state index in [0.717, 1.165) is 21.0 Å². The Bertz CT molecular complexity index is 892. The zero-order chi connectivity index (χ0) is 17.3. The van der Waals surface area contributed by atoms with E-state index in [0.29, 0.717) is 12.2 Å². The smallest absolute Gasteiger partial charge is 0.310 e. The van der Waals surface area contributed by atoms with Crippen LogP contribution in [0.25, 0.3) is 10.2 Å². The molecule has 0 bridgehead atoms. The second-order valence-electron chi connectivity index (χ2n) is 5.87. The minimum atomic E-state index is -0.233. The van der Waals surface area contributed by atoms with Gasteiger partial charge >= 0.3 is 5.97 Å². The lowest BCUT2D eigenvalue weighted by molar-refractivity contribution is -0.134. The third-order valence-corrected chi connectivity index (χ3v) is 4.72. The molecule has 0 radical (unpaired) electrons. The van der Waals surface area contributed by atoms with Gasteiger partial charge in [0.25, 0.3) is 0 Å². The molecule has 0 saturated carbocycles. The van der Waals surface area contributed by atoms with Crippen molar-refractivity contribution in [3.8, 4) is 5.75 Å². The van der Waals surface area contributed by atoms with Gasteiger partial charge in [0.2, 0.25) is 0 Å². The Labute approximate surface area is 145 Å². The average molecular weight is 340 g/mol. The molecule has 0 atom stereocenters. The van der Waals surface area contributed by atoms with E-state index >= 15 is 0 Å². The number of carbonyl (C=O) groups is 1. The Kier molecular flexibility index (Phi) is 4.53. The number of fused-ring (bicyclic) bond motifs is 1. The van der Waals surface area contributed by atoms with Crippen LogP contribution in [0.1, 0.15) is 30.0 Å². The maximum absolute atomic E-state index is 11.4. The zero-order valence-corrected chi connectivity index (χ0v) is 15.1. The number of benzene rings is 2. The van der Waals surface area contributed by atoms with Crippen LogP contribution in [-0.4, -0.2) is 11.0 Å². The van der Waals surface area contributed by atoms with Gasteiger partial charge in [0.15, 0.2) is 5.13 Å². The first-order valence-corrected chi connectivity index (χ1v) is 8.74. The Morgan fingerprint density at radius 1 is 1.17 bits per heavy atom. The van der Waals surface area contributed by atoms with Crippen molar-refractivity contribution in [3.63, 3.8) is 0 Å². The van der Waals surface area contributed by atoms with Crippen molar-refractivity contribution in [2.75, 3.05) is 5.32 Å². The number of nitrogens with one attached hydrogen (secondary N) is 1. The van der Waals surface area contributed by atoms with Crippen molar-refractivity contribution >= 4 is 38.3 Å². The fourth-order valence-corrected chi connectivity index (χ4v) is 3.61. The lowest BCUT2D eigenvalue weighted by Gasteiger charge is -2.11. The predicted octanol–water partition coefficient (Wildman–Crippen LogP) is 5.28. The molecular formula is C19H20N2O2S. The molecule has 24 heavy (non-hydrogen) atoms. The summed E-state index contributed by atoms with van der Waals surface area (Å²) in [5, 5.41) is 4.26. The van der Waals surface area contributed by atoms with Gasteiger partial charge in [-0.3, -0.25) is 4.79 Å². The van der Waals surface area contributed by atoms with Crippen LogP contribution in [0.4, 0.5) is 10.8 Å². The molecule has 3 aromatic rings. The Balaban J connectivity index is 1.90. The zero-order valence-electron chi connectivity index (χ0n) is 14.3. The monoisotopic (exact) mass is 340 g/mol. The van der Waals surface area contributed by atoms with Gasteiger partial charge in [-0.15, -0.1) is 0 Å². The summed E-state index contributed by atoms with van der Waals surface area (Å²) in [5.74, 6) is 0.329. The minimum absolute atomic E-state index is 0.233. The van der Waals surface area contributed by atoms with Gasteiger partial charge in [-0.25, -0.2) is 4.98 Å². The Morgan fingerprint density at radius 3 is 2.54 bits per heavy atom. The molecular weight excluding hydrogens is 320 g/mol. The highest BCUT2D eigenvalue weighted by atomic mass is 32.1. The van der Waals surface area contributed by atoms with Crippen LogP contribution < -0.4 is 10.1 Å². The number of esters is 1. The van der Waals surface area contributed by atoms with Gasteiger partial charge in [-0.2, -0.15) is 0 Å². The highest BCUT2D eigenvalue weighted by molar-refractivity contribution is 7.22. The molecule has 0 unspecified atom stereocenters. The lowest BCUT2D eigenvalue weighted by atomic mass is 10.1. The molecule has 1 N–H and O–H groups in total.